The van der Waals surface area contributed by atoms with Gasteiger partial charge in [0.05, 0.1) is 27.9 Å². The van der Waals surface area contributed by atoms with Crippen LogP contribution in [-0.2, 0) is 18.9 Å². The first-order chi connectivity index (χ1) is 12.9. The van der Waals surface area contributed by atoms with Gasteiger partial charge in [0.25, 0.3) is 5.91 Å². The van der Waals surface area contributed by atoms with Gasteiger partial charge < -0.3 is 4.90 Å². The van der Waals surface area contributed by atoms with Crippen LogP contribution >= 0.6 is 11.3 Å². The molecule has 0 bridgehead atoms. The number of nitrogens with zero attached hydrogens (tertiary/aromatic N) is 2. The molecule has 0 radical (unpaired) electrons. The summed E-state index contributed by atoms with van der Waals surface area (Å²) >= 11 is 1.29. The smallest absolute Gasteiger partial charge is 0.335 e. The molecule has 0 spiro atoms. The van der Waals surface area contributed by atoms with Gasteiger partial charge in [-0.05, 0) is 30.3 Å². The van der Waals surface area contributed by atoms with Gasteiger partial charge in [-0.2, -0.15) is 26.3 Å². The molecule has 0 saturated carbocycles. The number of benzene rings is 2. The third kappa shape index (κ3) is 4.27. The zero-order valence-corrected chi connectivity index (χ0v) is 15.0. The van der Waals surface area contributed by atoms with E-state index in [2.05, 4.69) is 4.98 Å². The van der Waals surface area contributed by atoms with E-state index in [1.165, 1.54) is 18.4 Å². The highest BCUT2D eigenvalue weighted by Crippen LogP contribution is 2.36. The number of aromatic nitrogens is 1. The van der Waals surface area contributed by atoms with Crippen LogP contribution in [0.5, 0.6) is 0 Å². The molecule has 28 heavy (non-hydrogen) atoms. The highest BCUT2D eigenvalue weighted by Gasteiger charge is 2.37. The number of amides is 1. The summed E-state index contributed by atoms with van der Waals surface area (Å²) in [6.45, 7) is -0.0459. The fraction of sp³-hybridized carbons (Fsp3) is 0.222. The van der Waals surface area contributed by atoms with Crippen LogP contribution in [0.15, 0.2) is 42.5 Å². The van der Waals surface area contributed by atoms with Crippen LogP contribution in [0.2, 0.25) is 0 Å². The predicted octanol–water partition coefficient (Wildman–Crippen LogP) is 5.61. The maximum Gasteiger partial charge on any atom is 0.416 e. The number of fused-ring (bicyclic) bond motifs is 1. The van der Waals surface area contributed by atoms with Crippen molar-refractivity contribution < 1.29 is 31.1 Å². The Morgan fingerprint density at radius 2 is 1.57 bits per heavy atom. The Bertz CT molecular complexity index is 960. The Kier molecular flexibility index (Phi) is 5.09. The highest BCUT2D eigenvalue weighted by molar-refractivity contribution is 7.18. The molecule has 0 fully saturated rings. The summed E-state index contributed by atoms with van der Waals surface area (Å²) in [6, 6.07) is 8.01. The van der Waals surface area contributed by atoms with Crippen LogP contribution in [0, 0.1) is 0 Å². The van der Waals surface area contributed by atoms with Crippen molar-refractivity contribution in [2.75, 3.05) is 7.05 Å². The quantitative estimate of drug-likeness (QED) is 0.519. The second kappa shape index (κ2) is 7.08. The van der Waals surface area contributed by atoms with Gasteiger partial charge in [-0.3, -0.25) is 4.79 Å². The second-order valence-corrected chi connectivity index (χ2v) is 7.15. The normalized spacial score (nSPS) is 12.4. The minimum Gasteiger partial charge on any atom is -0.335 e. The van der Waals surface area contributed by atoms with Crippen molar-refractivity contribution in [3.63, 3.8) is 0 Å². The number of para-hydroxylation sites is 1. The molecule has 3 nitrogen and oxygen atoms in total. The van der Waals surface area contributed by atoms with Gasteiger partial charge in [-0.1, -0.05) is 12.1 Å². The average molecular weight is 418 g/mol. The molecule has 0 atom stereocenters. The van der Waals surface area contributed by atoms with Crippen LogP contribution in [0.25, 0.3) is 10.2 Å². The van der Waals surface area contributed by atoms with Crippen LogP contribution in [0.3, 0.4) is 0 Å². The number of hydrogen-bond acceptors (Lipinski definition) is 3. The maximum absolute atomic E-state index is 13.0. The second-order valence-electron chi connectivity index (χ2n) is 6.03. The first-order valence-corrected chi connectivity index (χ1v) is 8.66. The summed E-state index contributed by atoms with van der Waals surface area (Å²) in [6.07, 6.45) is -10.0. The molecule has 0 aliphatic carbocycles. The molecule has 1 amide bonds. The van der Waals surface area contributed by atoms with Crippen molar-refractivity contribution in [3.8, 4) is 0 Å². The van der Waals surface area contributed by atoms with Crippen molar-refractivity contribution in [1.29, 1.82) is 0 Å². The number of hydrogen-bond donors (Lipinski definition) is 0. The van der Waals surface area contributed by atoms with Gasteiger partial charge in [0.2, 0.25) is 0 Å². The molecule has 10 heteroatoms. The molecule has 1 aromatic heterocycles. The zero-order valence-electron chi connectivity index (χ0n) is 14.2. The summed E-state index contributed by atoms with van der Waals surface area (Å²) in [5, 5.41) is 0.514. The van der Waals surface area contributed by atoms with E-state index in [-0.39, 0.29) is 12.6 Å². The van der Waals surface area contributed by atoms with Gasteiger partial charge in [0.15, 0.2) is 0 Å². The molecule has 0 aliphatic rings. The number of thiazole rings is 1. The molecule has 0 unspecified atom stereocenters. The summed E-state index contributed by atoms with van der Waals surface area (Å²) in [7, 11) is 1.29. The molecule has 3 rings (SSSR count). The molecular weight excluding hydrogens is 406 g/mol. The highest BCUT2D eigenvalue weighted by atomic mass is 32.1. The maximum atomic E-state index is 13.0. The fourth-order valence-electron chi connectivity index (χ4n) is 2.56. The lowest BCUT2D eigenvalue weighted by molar-refractivity contribution is -0.143. The number of halogens is 6. The fourth-order valence-corrected chi connectivity index (χ4v) is 3.58. The van der Waals surface area contributed by atoms with E-state index in [1.54, 1.807) is 18.2 Å². The third-order valence-corrected chi connectivity index (χ3v) is 4.91. The van der Waals surface area contributed by atoms with Crippen molar-refractivity contribution in [1.82, 2.24) is 9.88 Å². The standard InChI is InChI=1S/C18H12F6N2OS/c1-26(9-15-25-13-4-2-3-5-14(13)28-15)16(27)10-6-11(17(19,20)21)8-12(7-10)18(22,23)24/h2-8H,9H2,1H3. The molecule has 0 saturated heterocycles. The monoisotopic (exact) mass is 418 g/mol. The minimum absolute atomic E-state index is 0.00960. The molecule has 148 valence electrons. The van der Waals surface area contributed by atoms with Gasteiger partial charge in [0.1, 0.15) is 5.01 Å². The van der Waals surface area contributed by atoms with E-state index >= 15 is 0 Å². The Labute approximate surface area is 159 Å². The number of rotatable bonds is 3. The van der Waals surface area contributed by atoms with E-state index in [9.17, 15) is 31.1 Å². The predicted molar refractivity (Wildman–Crippen MR) is 91.9 cm³/mol. The summed E-state index contributed by atoms with van der Waals surface area (Å²) in [5.74, 6) is -0.962. The summed E-state index contributed by atoms with van der Waals surface area (Å²) < 4.78 is 78.6. The lowest BCUT2D eigenvalue weighted by atomic mass is 10.0. The topological polar surface area (TPSA) is 33.2 Å². The van der Waals surface area contributed by atoms with E-state index < -0.39 is 35.0 Å². The minimum atomic E-state index is -5.01. The SMILES string of the molecule is CN(Cc1nc2ccccc2s1)C(=O)c1cc(C(F)(F)F)cc(C(F)(F)F)c1. The van der Waals surface area contributed by atoms with Crippen molar-refractivity contribution >= 4 is 27.5 Å². The van der Waals surface area contributed by atoms with Crippen LogP contribution < -0.4 is 0 Å². The average Bonchev–Trinajstić information content (AvgIpc) is 3.01. The largest absolute Gasteiger partial charge is 0.416 e. The summed E-state index contributed by atoms with van der Waals surface area (Å²) in [4.78, 5) is 17.8. The van der Waals surface area contributed by atoms with Crippen molar-refractivity contribution in [2.24, 2.45) is 0 Å². The van der Waals surface area contributed by atoms with Gasteiger partial charge >= 0.3 is 12.4 Å². The number of alkyl halides is 6. The zero-order chi connectivity index (χ0) is 20.7. The van der Waals surface area contributed by atoms with E-state index in [0.29, 0.717) is 22.7 Å². The molecular formula is C18H12F6N2OS. The van der Waals surface area contributed by atoms with Crippen LogP contribution in [0.1, 0.15) is 26.5 Å². The molecule has 0 aliphatic heterocycles. The van der Waals surface area contributed by atoms with E-state index in [0.717, 1.165) is 9.60 Å². The molecule has 2 aromatic carbocycles. The molecule has 3 aromatic rings. The lowest BCUT2D eigenvalue weighted by Crippen LogP contribution is -2.27. The Hall–Kier alpha value is -2.62. The Morgan fingerprint density at radius 1 is 1.00 bits per heavy atom. The Balaban J connectivity index is 1.91. The van der Waals surface area contributed by atoms with E-state index in [4.69, 9.17) is 0 Å². The first kappa shape index (κ1) is 20.1. The number of carbonyl (C=O) groups excluding carboxylic acids is 1. The lowest BCUT2D eigenvalue weighted by Gasteiger charge is -2.18. The molecule has 1 heterocycles. The van der Waals surface area contributed by atoms with Crippen LogP contribution in [-0.4, -0.2) is 22.8 Å². The van der Waals surface area contributed by atoms with Crippen molar-refractivity contribution in [3.05, 3.63) is 64.2 Å². The summed E-state index contributed by atoms with van der Waals surface area (Å²) in [5.41, 5.74) is -3.05. The van der Waals surface area contributed by atoms with Gasteiger partial charge in [-0.25, -0.2) is 4.98 Å². The van der Waals surface area contributed by atoms with Crippen LogP contribution in [0.4, 0.5) is 26.3 Å². The third-order valence-electron chi connectivity index (χ3n) is 3.89. The van der Waals surface area contributed by atoms with Gasteiger partial charge in [-0.15, -0.1) is 11.3 Å². The number of carbonyl (C=O) groups is 1. The van der Waals surface area contributed by atoms with Gasteiger partial charge in [0, 0.05) is 12.6 Å². The van der Waals surface area contributed by atoms with Crippen molar-refractivity contribution in [2.45, 2.75) is 18.9 Å². The Morgan fingerprint density at radius 3 is 2.11 bits per heavy atom. The molecule has 0 N–H and O–H groups in total. The first-order valence-electron chi connectivity index (χ1n) is 7.84. The van der Waals surface area contributed by atoms with E-state index in [1.807, 2.05) is 6.07 Å².